The molecule has 5 nitrogen and oxygen atoms in total. The Kier molecular flexibility index (Phi) is 6.27. The fourth-order valence-electron chi connectivity index (χ4n) is 2.19. The second-order valence-corrected chi connectivity index (χ2v) is 6.07. The maximum absolute atomic E-state index is 12.7. The van der Waals surface area contributed by atoms with Crippen molar-refractivity contribution in [1.29, 1.82) is 0 Å². The zero-order chi connectivity index (χ0) is 16.2. The van der Waals surface area contributed by atoms with Gasteiger partial charge in [0.25, 0.3) is 5.91 Å². The van der Waals surface area contributed by atoms with Crippen molar-refractivity contribution in [2.75, 3.05) is 6.54 Å². The van der Waals surface area contributed by atoms with Crippen LogP contribution in [0.4, 0.5) is 0 Å². The number of aliphatic carboxylic acids is 1. The molecule has 0 aromatic carbocycles. The number of nitrogens with zero attached hydrogens (tertiary/aromatic N) is 2. The molecule has 118 valence electrons. The first-order valence-electron chi connectivity index (χ1n) is 7.14. The average Bonchev–Trinajstić information content (AvgIpc) is 2.75. The topological polar surface area (TPSA) is 62.5 Å². The monoisotopic (exact) mass is 314 g/mol. The van der Waals surface area contributed by atoms with Gasteiger partial charge in [-0.2, -0.15) is 0 Å². The lowest BCUT2D eigenvalue weighted by molar-refractivity contribution is -0.137. The molecule has 1 amide bonds. The number of carboxylic acids is 1. The van der Waals surface area contributed by atoms with Crippen LogP contribution in [0.2, 0.25) is 5.02 Å². The van der Waals surface area contributed by atoms with Crippen LogP contribution in [-0.2, 0) is 4.79 Å². The van der Waals surface area contributed by atoms with Crippen LogP contribution in [0.15, 0.2) is 12.3 Å². The van der Waals surface area contributed by atoms with Gasteiger partial charge in [0, 0.05) is 31.2 Å². The van der Waals surface area contributed by atoms with Gasteiger partial charge in [-0.25, -0.2) is 0 Å². The van der Waals surface area contributed by atoms with Crippen molar-refractivity contribution in [2.45, 2.75) is 52.6 Å². The van der Waals surface area contributed by atoms with Crippen molar-refractivity contribution >= 4 is 23.5 Å². The van der Waals surface area contributed by atoms with E-state index in [4.69, 9.17) is 16.7 Å². The fourth-order valence-corrected chi connectivity index (χ4v) is 2.39. The molecule has 21 heavy (non-hydrogen) atoms. The van der Waals surface area contributed by atoms with Crippen molar-refractivity contribution in [2.24, 2.45) is 0 Å². The molecule has 0 radical (unpaired) electrons. The van der Waals surface area contributed by atoms with Crippen molar-refractivity contribution in [1.82, 2.24) is 9.47 Å². The third-order valence-corrected chi connectivity index (χ3v) is 3.47. The second kappa shape index (κ2) is 7.50. The molecule has 0 aliphatic heterocycles. The normalized spacial score (nSPS) is 11.2. The quantitative estimate of drug-likeness (QED) is 0.838. The molecule has 0 bridgehead atoms. The fraction of sp³-hybridized carbons (Fsp3) is 0.600. The third-order valence-electron chi connectivity index (χ3n) is 3.26. The van der Waals surface area contributed by atoms with Gasteiger partial charge >= 0.3 is 5.97 Å². The molecule has 1 N–H and O–H groups in total. The lowest BCUT2D eigenvalue weighted by Crippen LogP contribution is -2.39. The smallest absolute Gasteiger partial charge is 0.303 e. The standard InChI is InChI=1S/C15H23ClN2O3/c1-10(2)17(7-5-6-14(19)20)15(21)13-8-12(16)9-18(13)11(3)4/h8-11H,5-7H2,1-4H3,(H,19,20). The molecule has 0 fully saturated rings. The highest BCUT2D eigenvalue weighted by Crippen LogP contribution is 2.21. The van der Waals surface area contributed by atoms with Gasteiger partial charge in [-0.15, -0.1) is 0 Å². The van der Waals surface area contributed by atoms with Crippen LogP contribution in [0.3, 0.4) is 0 Å². The number of carbonyl (C=O) groups is 2. The summed E-state index contributed by atoms with van der Waals surface area (Å²) in [6, 6.07) is 1.79. The molecule has 0 saturated carbocycles. The van der Waals surface area contributed by atoms with Crippen LogP contribution < -0.4 is 0 Å². The van der Waals surface area contributed by atoms with E-state index >= 15 is 0 Å². The second-order valence-electron chi connectivity index (χ2n) is 5.63. The highest BCUT2D eigenvalue weighted by atomic mass is 35.5. The van der Waals surface area contributed by atoms with Gasteiger partial charge in [-0.1, -0.05) is 11.6 Å². The van der Waals surface area contributed by atoms with Crippen LogP contribution in [0.5, 0.6) is 0 Å². The number of rotatable bonds is 7. The number of carboxylic acid groups (broad SMARTS) is 1. The van der Waals surface area contributed by atoms with E-state index in [9.17, 15) is 9.59 Å². The summed E-state index contributed by atoms with van der Waals surface area (Å²) in [6.45, 7) is 8.23. The molecule has 0 unspecified atom stereocenters. The predicted octanol–water partition coefficient (Wildman–Crippen LogP) is 3.44. The lowest BCUT2D eigenvalue weighted by Gasteiger charge is -2.27. The van der Waals surface area contributed by atoms with Gasteiger partial charge < -0.3 is 14.6 Å². The van der Waals surface area contributed by atoms with Crippen LogP contribution >= 0.6 is 11.6 Å². The molecule has 0 aliphatic rings. The maximum Gasteiger partial charge on any atom is 0.303 e. The van der Waals surface area contributed by atoms with Crippen molar-refractivity contribution in [3.63, 3.8) is 0 Å². The van der Waals surface area contributed by atoms with Crippen LogP contribution in [0.25, 0.3) is 0 Å². The Bertz CT molecular complexity index is 509. The Morgan fingerprint density at radius 2 is 1.95 bits per heavy atom. The first kappa shape index (κ1) is 17.6. The first-order valence-corrected chi connectivity index (χ1v) is 7.52. The molecular weight excluding hydrogens is 292 g/mol. The largest absolute Gasteiger partial charge is 0.481 e. The zero-order valence-corrected chi connectivity index (χ0v) is 13.7. The summed E-state index contributed by atoms with van der Waals surface area (Å²) in [5.74, 6) is -0.962. The van der Waals surface area contributed by atoms with Crippen molar-refractivity contribution in [3.8, 4) is 0 Å². The number of carbonyl (C=O) groups excluding carboxylic acids is 1. The summed E-state index contributed by atoms with van der Waals surface area (Å²) in [5, 5.41) is 9.24. The Morgan fingerprint density at radius 1 is 1.33 bits per heavy atom. The van der Waals surface area contributed by atoms with Gasteiger partial charge in [-0.05, 0) is 40.2 Å². The van der Waals surface area contributed by atoms with Crippen molar-refractivity contribution in [3.05, 3.63) is 23.0 Å². The summed E-state index contributed by atoms with van der Waals surface area (Å²) >= 11 is 6.01. The summed E-state index contributed by atoms with van der Waals surface area (Å²) in [5.41, 5.74) is 0.541. The highest BCUT2D eigenvalue weighted by Gasteiger charge is 2.23. The van der Waals surface area contributed by atoms with Crippen molar-refractivity contribution < 1.29 is 14.7 Å². The van der Waals surface area contributed by atoms with E-state index in [1.807, 2.05) is 32.3 Å². The summed E-state index contributed by atoms with van der Waals surface area (Å²) in [6.07, 6.45) is 2.24. The number of halogens is 1. The summed E-state index contributed by atoms with van der Waals surface area (Å²) in [7, 11) is 0. The van der Waals surface area contributed by atoms with Gasteiger partial charge in [0.2, 0.25) is 0 Å². The van der Waals surface area contributed by atoms with Gasteiger partial charge in [-0.3, -0.25) is 9.59 Å². The molecule has 0 aliphatic carbocycles. The number of amides is 1. The van der Waals surface area contributed by atoms with E-state index in [0.717, 1.165) is 0 Å². The van der Waals surface area contributed by atoms with Gasteiger partial charge in [0.1, 0.15) is 5.69 Å². The SMILES string of the molecule is CC(C)N(CCCC(=O)O)C(=O)c1cc(Cl)cn1C(C)C. The molecule has 0 spiro atoms. The predicted molar refractivity (Wildman–Crippen MR) is 82.9 cm³/mol. The van der Waals surface area contributed by atoms with Gasteiger partial charge in [0.05, 0.1) is 5.02 Å². The van der Waals surface area contributed by atoms with Gasteiger partial charge in [0.15, 0.2) is 0 Å². The first-order chi connectivity index (χ1) is 9.73. The molecular formula is C15H23ClN2O3. The number of hydrogen-bond donors (Lipinski definition) is 1. The summed E-state index contributed by atoms with van der Waals surface area (Å²) < 4.78 is 1.84. The Balaban J connectivity index is 2.93. The maximum atomic E-state index is 12.7. The number of aromatic nitrogens is 1. The molecule has 1 aromatic rings. The van der Waals surface area contributed by atoms with Crippen LogP contribution in [-0.4, -0.2) is 39.0 Å². The molecule has 1 aromatic heterocycles. The molecule has 1 heterocycles. The zero-order valence-electron chi connectivity index (χ0n) is 13.0. The van der Waals surface area contributed by atoms with E-state index in [2.05, 4.69) is 0 Å². The minimum absolute atomic E-state index is 0.000539. The Labute approximate surface area is 130 Å². The minimum atomic E-state index is -0.847. The van der Waals surface area contributed by atoms with Crippen LogP contribution in [0.1, 0.15) is 57.1 Å². The summed E-state index contributed by atoms with van der Waals surface area (Å²) in [4.78, 5) is 25.0. The van der Waals surface area contributed by atoms with E-state index in [1.54, 1.807) is 17.2 Å². The van der Waals surface area contributed by atoms with Crippen LogP contribution in [0, 0.1) is 0 Å². The van der Waals surface area contributed by atoms with E-state index in [1.165, 1.54) is 0 Å². The Morgan fingerprint density at radius 3 is 2.43 bits per heavy atom. The third kappa shape index (κ3) is 4.77. The molecule has 6 heteroatoms. The van der Waals surface area contributed by atoms with E-state index in [0.29, 0.717) is 23.7 Å². The Hall–Kier alpha value is -1.49. The molecule has 1 rings (SSSR count). The van der Waals surface area contributed by atoms with E-state index in [-0.39, 0.29) is 24.4 Å². The van der Waals surface area contributed by atoms with E-state index < -0.39 is 5.97 Å². The lowest BCUT2D eigenvalue weighted by atomic mass is 10.2. The minimum Gasteiger partial charge on any atom is -0.481 e. The highest BCUT2D eigenvalue weighted by molar-refractivity contribution is 6.31. The molecule has 0 saturated heterocycles. The average molecular weight is 315 g/mol. The number of hydrogen-bond acceptors (Lipinski definition) is 2. The molecule has 0 atom stereocenters.